The molecule has 1 saturated carbocycles. The van der Waals surface area contributed by atoms with E-state index in [1.807, 2.05) is 0 Å². The first-order valence-corrected chi connectivity index (χ1v) is 13.1. The van der Waals surface area contributed by atoms with Crippen molar-refractivity contribution in [2.45, 2.75) is 51.6 Å². The Balaban J connectivity index is 1.32. The maximum Gasteiger partial charge on any atom is 0.273 e. The summed E-state index contributed by atoms with van der Waals surface area (Å²) in [5.74, 6) is -2.17. The van der Waals surface area contributed by atoms with Crippen molar-refractivity contribution in [2.24, 2.45) is 11.3 Å². The van der Waals surface area contributed by atoms with E-state index in [1.165, 1.54) is 12.1 Å². The Hall–Kier alpha value is -3.73. The van der Waals surface area contributed by atoms with Crippen LogP contribution in [0.4, 0.5) is 8.78 Å². The van der Waals surface area contributed by atoms with Crippen LogP contribution in [0.1, 0.15) is 56.3 Å². The summed E-state index contributed by atoms with van der Waals surface area (Å²) in [4.78, 5) is 37.8. The number of likely N-dealkylation sites (tertiary alicyclic amines) is 1. The number of hydrogen-bond acceptors (Lipinski definition) is 7. The van der Waals surface area contributed by atoms with Gasteiger partial charge in [-0.25, -0.2) is 18.7 Å². The summed E-state index contributed by atoms with van der Waals surface area (Å²) in [7, 11) is 0. The standard InChI is InChI=1S/C28H32F2N6O3/c1-27(2,3)16-36-12-7-21(19(15-36)24(37)34-28(8-9-28)26-31-10-4-11-32-26)33-25(38)22-14-23(39-35-22)18-6-5-17(29)13-20(18)30/h4-6,10-11,13-14,19,21H,7-9,12,15-16H2,1-3H3,(H,33,38)(H,34,37)/t19-,21-/m0/s1. The van der Waals surface area contributed by atoms with Crippen LogP contribution < -0.4 is 10.6 Å². The molecule has 0 unspecified atom stereocenters. The summed E-state index contributed by atoms with van der Waals surface area (Å²) in [5.41, 5.74) is -0.603. The van der Waals surface area contributed by atoms with Crippen LogP contribution in [0.3, 0.4) is 0 Å². The molecule has 0 spiro atoms. The van der Waals surface area contributed by atoms with Crippen molar-refractivity contribution < 1.29 is 22.9 Å². The van der Waals surface area contributed by atoms with E-state index < -0.39 is 35.0 Å². The van der Waals surface area contributed by atoms with Gasteiger partial charge >= 0.3 is 0 Å². The van der Waals surface area contributed by atoms with Crippen molar-refractivity contribution >= 4 is 11.8 Å². The van der Waals surface area contributed by atoms with E-state index in [4.69, 9.17) is 4.52 Å². The minimum Gasteiger partial charge on any atom is -0.355 e. The van der Waals surface area contributed by atoms with Crippen molar-refractivity contribution in [3.05, 3.63) is 65.9 Å². The average molecular weight is 539 g/mol. The Kier molecular flexibility index (Phi) is 7.19. The maximum absolute atomic E-state index is 14.2. The molecule has 39 heavy (non-hydrogen) atoms. The van der Waals surface area contributed by atoms with Gasteiger partial charge in [-0.1, -0.05) is 25.9 Å². The highest BCUT2D eigenvalue weighted by Crippen LogP contribution is 2.44. The van der Waals surface area contributed by atoms with Gasteiger partial charge in [0.05, 0.1) is 17.0 Å². The normalized spacial score (nSPS) is 20.8. The van der Waals surface area contributed by atoms with Crippen molar-refractivity contribution in [3.63, 3.8) is 0 Å². The Morgan fingerprint density at radius 1 is 1.15 bits per heavy atom. The molecule has 2 aliphatic rings. The van der Waals surface area contributed by atoms with Gasteiger partial charge in [0.2, 0.25) is 5.91 Å². The number of rotatable bonds is 7. The number of carbonyl (C=O) groups is 2. The molecule has 1 aliphatic heterocycles. The lowest BCUT2D eigenvalue weighted by Crippen LogP contribution is -2.57. The first kappa shape index (κ1) is 26.9. The van der Waals surface area contributed by atoms with Crippen LogP contribution in [0.2, 0.25) is 0 Å². The number of amides is 2. The minimum atomic E-state index is -0.822. The van der Waals surface area contributed by atoms with Crippen LogP contribution in [-0.2, 0) is 10.3 Å². The molecule has 2 fully saturated rings. The lowest BCUT2D eigenvalue weighted by atomic mass is 9.88. The monoisotopic (exact) mass is 538 g/mol. The molecule has 1 aromatic carbocycles. The predicted molar refractivity (Wildman–Crippen MR) is 138 cm³/mol. The van der Waals surface area contributed by atoms with E-state index in [2.05, 4.69) is 51.4 Å². The molecule has 9 nitrogen and oxygen atoms in total. The van der Waals surface area contributed by atoms with Gasteiger partial charge in [0, 0.05) is 50.2 Å². The fourth-order valence-electron chi connectivity index (χ4n) is 5.12. The Labute approximate surface area is 225 Å². The molecular weight excluding hydrogens is 506 g/mol. The molecule has 11 heteroatoms. The Bertz CT molecular complexity index is 1350. The summed E-state index contributed by atoms with van der Waals surface area (Å²) in [6, 6.07) is 5.65. The van der Waals surface area contributed by atoms with Crippen LogP contribution >= 0.6 is 0 Å². The number of nitrogens with zero attached hydrogens (tertiary/aromatic N) is 4. The summed E-state index contributed by atoms with van der Waals surface area (Å²) < 4.78 is 32.7. The van der Waals surface area contributed by atoms with E-state index in [1.54, 1.807) is 18.5 Å². The average Bonchev–Trinajstić information content (AvgIpc) is 3.49. The third-order valence-electron chi connectivity index (χ3n) is 7.09. The van der Waals surface area contributed by atoms with E-state index in [0.717, 1.165) is 31.5 Å². The van der Waals surface area contributed by atoms with Gasteiger partial charge in [0.15, 0.2) is 17.3 Å². The first-order valence-electron chi connectivity index (χ1n) is 13.1. The first-order chi connectivity index (χ1) is 18.5. The molecule has 2 atom stereocenters. The molecule has 1 aliphatic carbocycles. The van der Waals surface area contributed by atoms with Gasteiger partial charge in [-0.15, -0.1) is 0 Å². The molecule has 206 valence electrons. The molecule has 3 aromatic rings. The van der Waals surface area contributed by atoms with Gasteiger partial charge in [0.25, 0.3) is 5.91 Å². The van der Waals surface area contributed by atoms with E-state index in [9.17, 15) is 18.4 Å². The van der Waals surface area contributed by atoms with Crippen LogP contribution in [0.25, 0.3) is 11.3 Å². The zero-order valence-electron chi connectivity index (χ0n) is 22.2. The number of hydrogen-bond donors (Lipinski definition) is 2. The number of carbonyl (C=O) groups excluding carboxylic acids is 2. The molecule has 0 radical (unpaired) electrons. The highest BCUT2D eigenvalue weighted by atomic mass is 19.1. The largest absolute Gasteiger partial charge is 0.355 e. The van der Waals surface area contributed by atoms with Gasteiger partial charge in [0.1, 0.15) is 11.6 Å². The third-order valence-corrected chi connectivity index (χ3v) is 7.09. The second-order valence-electron chi connectivity index (χ2n) is 11.6. The van der Waals surface area contributed by atoms with Crippen LogP contribution in [0.15, 0.2) is 47.2 Å². The summed E-state index contributed by atoms with van der Waals surface area (Å²) in [6.45, 7) is 8.44. The molecular formula is C28H32F2N6O3. The van der Waals surface area contributed by atoms with Crippen molar-refractivity contribution in [1.29, 1.82) is 0 Å². The quantitative estimate of drug-likeness (QED) is 0.472. The summed E-state index contributed by atoms with van der Waals surface area (Å²) in [5, 5.41) is 9.91. The maximum atomic E-state index is 14.2. The third kappa shape index (κ3) is 6.13. The number of benzene rings is 1. The molecule has 0 bridgehead atoms. The van der Waals surface area contributed by atoms with Gasteiger partial charge in [-0.2, -0.15) is 0 Å². The molecule has 3 heterocycles. The zero-order chi connectivity index (χ0) is 27.8. The second-order valence-corrected chi connectivity index (χ2v) is 11.6. The topological polar surface area (TPSA) is 113 Å². The van der Waals surface area contributed by atoms with Gasteiger partial charge in [-0.3, -0.25) is 9.59 Å². The number of nitrogens with one attached hydrogen (secondary N) is 2. The van der Waals surface area contributed by atoms with Gasteiger partial charge in [-0.05, 0) is 42.9 Å². The van der Waals surface area contributed by atoms with Crippen molar-refractivity contribution in [2.75, 3.05) is 19.6 Å². The summed E-state index contributed by atoms with van der Waals surface area (Å²) in [6.07, 6.45) is 5.38. The van der Waals surface area contributed by atoms with Gasteiger partial charge < -0.3 is 20.1 Å². The number of piperidine rings is 1. The summed E-state index contributed by atoms with van der Waals surface area (Å²) >= 11 is 0. The Morgan fingerprint density at radius 2 is 1.90 bits per heavy atom. The second kappa shape index (κ2) is 10.4. The molecule has 2 amide bonds. The molecule has 2 N–H and O–H groups in total. The molecule has 1 saturated heterocycles. The predicted octanol–water partition coefficient (Wildman–Crippen LogP) is 3.68. The van der Waals surface area contributed by atoms with Crippen LogP contribution in [-0.4, -0.2) is 57.5 Å². The molecule has 5 rings (SSSR count). The number of halogens is 2. The highest BCUT2D eigenvalue weighted by Gasteiger charge is 2.50. The lowest BCUT2D eigenvalue weighted by Gasteiger charge is -2.40. The zero-order valence-corrected chi connectivity index (χ0v) is 22.2. The van der Waals surface area contributed by atoms with Crippen molar-refractivity contribution in [3.8, 4) is 11.3 Å². The fraction of sp³-hybridized carbons (Fsp3) is 0.464. The Morgan fingerprint density at radius 3 is 2.56 bits per heavy atom. The highest BCUT2D eigenvalue weighted by molar-refractivity contribution is 5.94. The van der Waals surface area contributed by atoms with Crippen molar-refractivity contribution in [1.82, 2.24) is 30.7 Å². The van der Waals surface area contributed by atoms with Crippen LogP contribution in [0.5, 0.6) is 0 Å². The molecule has 2 aromatic heterocycles. The smallest absolute Gasteiger partial charge is 0.273 e. The number of aromatic nitrogens is 3. The SMILES string of the molecule is CC(C)(C)CN1CC[C@H](NC(=O)c2cc(-c3ccc(F)cc3F)on2)[C@@H](C(=O)NC2(c3ncccn3)CC2)C1. The fourth-order valence-corrected chi connectivity index (χ4v) is 5.12. The van der Waals surface area contributed by atoms with E-state index in [0.29, 0.717) is 25.3 Å². The van der Waals surface area contributed by atoms with E-state index >= 15 is 0 Å². The minimum absolute atomic E-state index is 0.00507. The van der Waals surface area contributed by atoms with Crippen LogP contribution in [0, 0.1) is 23.0 Å². The van der Waals surface area contributed by atoms with E-state index in [-0.39, 0.29) is 28.3 Å². The lowest BCUT2D eigenvalue weighted by molar-refractivity contribution is -0.129.